The van der Waals surface area contributed by atoms with Gasteiger partial charge in [0, 0.05) is 11.1 Å². The number of ether oxygens (including phenoxy) is 2. The minimum atomic E-state index is -0.394. The molecule has 1 amide bonds. The van der Waals surface area contributed by atoms with Crippen molar-refractivity contribution in [1.29, 1.82) is 5.26 Å². The number of aromatic hydroxyl groups is 1. The van der Waals surface area contributed by atoms with Gasteiger partial charge >= 0.3 is 0 Å². The summed E-state index contributed by atoms with van der Waals surface area (Å²) in [4.78, 5) is 12.0. The smallest absolute Gasteiger partial charge is 0.271 e. The summed E-state index contributed by atoms with van der Waals surface area (Å²) in [6.07, 6.45) is 1.48. The van der Waals surface area contributed by atoms with Gasteiger partial charge in [-0.25, -0.2) is 5.43 Å². The van der Waals surface area contributed by atoms with Gasteiger partial charge in [-0.1, -0.05) is 18.2 Å². The number of benzene rings is 3. The third-order valence-electron chi connectivity index (χ3n) is 4.22. The molecule has 0 bridgehead atoms. The molecule has 0 aliphatic rings. The monoisotopic (exact) mass is 401 g/mol. The van der Waals surface area contributed by atoms with E-state index in [1.165, 1.54) is 37.6 Å². The van der Waals surface area contributed by atoms with Crippen molar-refractivity contribution in [2.75, 3.05) is 7.11 Å². The van der Waals surface area contributed by atoms with Crippen molar-refractivity contribution in [2.24, 2.45) is 5.10 Å². The van der Waals surface area contributed by atoms with Crippen molar-refractivity contribution in [1.82, 2.24) is 5.43 Å². The summed E-state index contributed by atoms with van der Waals surface area (Å²) >= 11 is 0. The lowest BCUT2D eigenvalue weighted by Crippen LogP contribution is -2.17. The molecule has 150 valence electrons. The summed E-state index contributed by atoms with van der Waals surface area (Å²) in [5.41, 5.74) is 4.84. The molecule has 3 aromatic rings. The molecule has 0 saturated heterocycles. The zero-order valence-electron chi connectivity index (χ0n) is 16.2. The van der Waals surface area contributed by atoms with Gasteiger partial charge < -0.3 is 14.6 Å². The van der Waals surface area contributed by atoms with E-state index in [1.54, 1.807) is 30.3 Å². The average molecular weight is 401 g/mol. The Kier molecular flexibility index (Phi) is 6.64. The van der Waals surface area contributed by atoms with Gasteiger partial charge in [-0.05, 0) is 54.1 Å². The van der Waals surface area contributed by atoms with E-state index in [1.807, 2.05) is 12.1 Å². The fourth-order valence-electron chi connectivity index (χ4n) is 2.64. The second kappa shape index (κ2) is 9.75. The number of phenolic OH excluding ortho intramolecular Hbond substituents is 1. The van der Waals surface area contributed by atoms with E-state index in [0.29, 0.717) is 28.2 Å². The first-order valence-electron chi connectivity index (χ1n) is 9.02. The highest BCUT2D eigenvalue weighted by Gasteiger charge is 2.08. The number of methoxy groups -OCH3 is 1. The normalized spacial score (nSPS) is 10.4. The van der Waals surface area contributed by atoms with Gasteiger partial charge in [-0.15, -0.1) is 0 Å². The van der Waals surface area contributed by atoms with Crippen molar-refractivity contribution in [2.45, 2.75) is 6.61 Å². The molecule has 0 saturated carbocycles. The number of hydrogen-bond acceptors (Lipinski definition) is 6. The average Bonchev–Trinajstić information content (AvgIpc) is 2.78. The maximum atomic E-state index is 12.0. The highest BCUT2D eigenvalue weighted by molar-refractivity contribution is 5.95. The van der Waals surface area contributed by atoms with E-state index in [4.69, 9.17) is 9.47 Å². The van der Waals surface area contributed by atoms with Crippen LogP contribution in [-0.2, 0) is 6.61 Å². The Morgan fingerprint density at radius 3 is 2.63 bits per heavy atom. The maximum absolute atomic E-state index is 12.0. The van der Waals surface area contributed by atoms with Crippen molar-refractivity contribution in [3.63, 3.8) is 0 Å². The molecule has 0 unspecified atom stereocenters. The molecule has 0 fully saturated rings. The van der Waals surface area contributed by atoms with E-state index in [2.05, 4.69) is 16.6 Å². The molecule has 0 spiro atoms. The molecule has 3 rings (SSSR count). The summed E-state index contributed by atoms with van der Waals surface area (Å²) in [5.74, 6) is 0.712. The molecule has 0 radical (unpaired) electrons. The molecule has 0 aliphatic heterocycles. The van der Waals surface area contributed by atoms with Gasteiger partial charge in [-0.3, -0.25) is 4.79 Å². The van der Waals surface area contributed by atoms with Crippen LogP contribution in [0.5, 0.6) is 17.2 Å². The van der Waals surface area contributed by atoms with E-state index in [-0.39, 0.29) is 12.4 Å². The molecule has 2 N–H and O–H groups in total. The van der Waals surface area contributed by atoms with Crippen molar-refractivity contribution in [3.05, 3.63) is 89.0 Å². The molecule has 30 heavy (non-hydrogen) atoms. The van der Waals surface area contributed by atoms with Crippen LogP contribution in [0.2, 0.25) is 0 Å². The van der Waals surface area contributed by atoms with Gasteiger partial charge in [0.25, 0.3) is 5.91 Å². The van der Waals surface area contributed by atoms with Crippen LogP contribution in [0.15, 0.2) is 71.8 Å². The van der Waals surface area contributed by atoms with Crippen LogP contribution in [0.4, 0.5) is 0 Å². The number of nitriles is 1. The molecule has 0 atom stereocenters. The summed E-state index contributed by atoms with van der Waals surface area (Å²) in [6.45, 7) is 0.232. The molecule has 0 aromatic heterocycles. The minimum absolute atomic E-state index is 0.0839. The topological polar surface area (TPSA) is 104 Å². The number of amides is 1. The van der Waals surface area contributed by atoms with Crippen molar-refractivity contribution in [3.8, 4) is 23.3 Å². The Bertz CT molecular complexity index is 1100. The number of nitrogens with one attached hydrogen (secondary N) is 1. The highest BCUT2D eigenvalue weighted by Crippen LogP contribution is 2.28. The lowest BCUT2D eigenvalue weighted by atomic mass is 10.1. The van der Waals surface area contributed by atoms with Crippen molar-refractivity contribution >= 4 is 12.1 Å². The Morgan fingerprint density at radius 1 is 1.13 bits per heavy atom. The Labute approximate surface area is 173 Å². The number of carbonyl (C=O) groups excluding carboxylic acids is 1. The first kappa shape index (κ1) is 20.4. The Morgan fingerprint density at radius 2 is 1.90 bits per heavy atom. The van der Waals surface area contributed by atoms with Crippen molar-refractivity contribution < 1.29 is 19.4 Å². The molecule has 3 aromatic carbocycles. The third kappa shape index (κ3) is 5.14. The van der Waals surface area contributed by atoms with Crippen LogP contribution in [0.25, 0.3) is 0 Å². The fraction of sp³-hybridized carbons (Fsp3) is 0.0870. The summed E-state index contributed by atoms with van der Waals surface area (Å²) in [7, 11) is 1.53. The first-order valence-corrected chi connectivity index (χ1v) is 9.02. The SMILES string of the molecule is COc1cc(/C=N\NC(=O)c2ccc(O)cc2)ccc1OCc1ccccc1C#N. The minimum Gasteiger partial charge on any atom is -0.508 e. The zero-order valence-corrected chi connectivity index (χ0v) is 16.2. The van der Waals surface area contributed by atoms with E-state index in [9.17, 15) is 15.2 Å². The largest absolute Gasteiger partial charge is 0.508 e. The number of hydrazone groups is 1. The fourth-order valence-corrected chi connectivity index (χ4v) is 2.64. The third-order valence-corrected chi connectivity index (χ3v) is 4.22. The summed E-state index contributed by atoms with van der Waals surface area (Å²) in [6, 6.07) is 20.4. The Balaban J connectivity index is 1.65. The second-order valence-electron chi connectivity index (χ2n) is 6.21. The number of carbonyl (C=O) groups is 1. The zero-order chi connectivity index (χ0) is 21.3. The molecule has 0 aliphatic carbocycles. The van der Waals surface area contributed by atoms with E-state index >= 15 is 0 Å². The summed E-state index contributed by atoms with van der Waals surface area (Å²) < 4.78 is 11.2. The standard InChI is InChI=1S/C23H19N3O4/c1-29-22-12-16(14-25-26-23(28)17-7-9-20(27)10-8-17)6-11-21(22)30-15-19-5-3-2-4-18(19)13-24/h2-12,14,27H,15H2,1H3,(H,26,28)/b25-14-. The second-order valence-corrected chi connectivity index (χ2v) is 6.21. The van der Waals surface area contributed by atoms with Crippen LogP contribution < -0.4 is 14.9 Å². The van der Waals surface area contributed by atoms with Crippen LogP contribution in [0.3, 0.4) is 0 Å². The van der Waals surface area contributed by atoms with Gasteiger partial charge in [0.1, 0.15) is 12.4 Å². The first-order chi connectivity index (χ1) is 14.6. The van der Waals surface area contributed by atoms with Gasteiger partial charge in [-0.2, -0.15) is 10.4 Å². The highest BCUT2D eigenvalue weighted by atomic mass is 16.5. The molecular formula is C23H19N3O4. The Hall–Kier alpha value is -4.31. The molecular weight excluding hydrogens is 382 g/mol. The molecule has 7 heteroatoms. The molecule has 0 heterocycles. The molecule has 7 nitrogen and oxygen atoms in total. The van der Waals surface area contributed by atoms with Crippen LogP contribution in [0.1, 0.15) is 27.0 Å². The number of nitrogens with zero attached hydrogens (tertiary/aromatic N) is 2. The lowest BCUT2D eigenvalue weighted by molar-refractivity contribution is 0.0955. The van der Waals surface area contributed by atoms with E-state index < -0.39 is 5.91 Å². The number of hydrogen-bond donors (Lipinski definition) is 2. The number of rotatable bonds is 7. The van der Waals surface area contributed by atoms with Gasteiger partial charge in [0.2, 0.25) is 0 Å². The predicted molar refractivity (Wildman–Crippen MR) is 112 cm³/mol. The van der Waals surface area contributed by atoms with Gasteiger partial charge in [0.05, 0.1) is 25.0 Å². The predicted octanol–water partition coefficient (Wildman–Crippen LogP) is 3.62. The van der Waals surface area contributed by atoms with Crippen LogP contribution >= 0.6 is 0 Å². The summed E-state index contributed by atoms with van der Waals surface area (Å²) in [5, 5.41) is 22.4. The quantitative estimate of drug-likeness (QED) is 0.465. The van der Waals surface area contributed by atoms with Crippen LogP contribution in [-0.4, -0.2) is 24.3 Å². The van der Waals surface area contributed by atoms with Gasteiger partial charge in [0.15, 0.2) is 11.5 Å². The lowest BCUT2D eigenvalue weighted by Gasteiger charge is -2.12. The number of phenols is 1. The van der Waals surface area contributed by atoms with E-state index in [0.717, 1.165) is 5.56 Å². The van der Waals surface area contributed by atoms with Crippen LogP contribution in [0, 0.1) is 11.3 Å². The maximum Gasteiger partial charge on any atom is 0.271 e.